The van der Waals surface area contributed by atoms with Crippen molar-refractivity contribution in [2.45, 2.75) is 19.3 Å². The van der Waals surface area contributed by atoms with Crippen molar-refractivity contribution in [2.24, 2.45) is 0 Å². The molecule has 0 N–H and O–H groups in total. The first-order valence-electron chi connectivity index (χ1n) is 6.81. The number of hydrogen-bond donors (Lipinski definition) is 0. The third-order valence-corrected chi connectivity index (χ3v) is 3.29. The Balaban J connectivity index is 2.11. The molecule has 5 nitrogen and oxygen atoms in total. The second kappa shape index (κ2) is 6.42. The van der Waals surface area contributed by atoms with Gasteiger partial charge in [-0.3, -0.25) is 0 Å². The quantitative estimate of drug-likeness (QED) is 0.625. The van der Waals surface area contributed by atoms with Gasteiger partial charge in [0.05, 0.1) is 23.7 Å². The van der Waals surface area contributed by atoms with Crippen molar-refractivity contribution < 1.29 is 35.5 Å². The molecule has 1 aromatic carbocycles. The first kappa shape index (κ1) is 17.9. The monoisotopic (exact) mass is 380 g/mol. The van der Waals surface area contributed by atoms with E-state index in [4.69, 9.17) is 0 Å². The maximum atomic E-state index is 12.8. The predicted octanol–water partition coefficient (Wildman–Crippen LogP) is 4.51. The number of aromatic nitrogens is 4. The fourth-order valence-corrected chi connectivity index (χ4v) is 2.21. The second-order valence-electron chi connectivity index (χ2n) is 4.92. The molecular weight excluding hydrogens is 373 g/mol. The molecule has 2 aromatic heterocycles. The van der Waals surface area contributed by atoms with E-state index >= 15 is 0 Å². The topological polar surface area (TPSA) is 52.8 Å². The molecule has 138 valence electrons. The summed E-state index contributed by atoms with van der Waals surface area (Å²) < 4.78 is 93.3. The van der Waals surface area contributed by atoms with Gasteiger partial charge in [-0.15, -0.1) is 0 Å². The third-order valence-electron chi connectivity index (χ3n) is 3.29. The number of nitrogens with zero attached hydrogens (tertiary/aromatic N) is 4. The number of fused-ring (bicyclic) bond motifs is 1. The van der Waals surface area contributed by atoms with E-state index in [1.807, 2.05) is 0 Å². The highest BCUT2D eigenvalue weighted by Gasteiger charge is 2.32. The Morgan fingerprint density at radius 2 is 1.77 bits per heavy atom. The van der Waals surface area contributed by atoms with E-state index < -0.39 is 30.7 Å². The van der Waals surface area contributed by atoms with E-state index in [-0.39, 0.29) is 27.1 Å². The zero-order chi connectivity index (χ0) is 19.1. The fourth-order valence-electron chi connectivity index (χ4n) is 2.21. The van der Waals surface area contributed by atoms with Crippen molar-refractivity contribution in [3.8, 4) is 17.0 Å². The van der Waals surface area contributed by atoms with E-state index in [0.717, 1.165) is 18.5 Å². The van der Waals surface area contributed by atoms with Crippen LogP contribution in [0.25, 0.3) is 22.4 Å². The number of alkyl halides is 7. The lowest BCUT2D eigenvalue weighted by Crippen LogP contribution is -2.08. The van der Waals surface area contributed by atoms with Crippen LogP contribution in [0.3, 0.4) is 0 Å². The molecule has 0 aliphatic heterocycles. The Morgan fingerprint density at radius 1 is 1.04 bits per heavy atom. The predicted molar refractivity (Wildman–Crippen MR) is 73.6 cm³/mol. The Labute approximate surface area is 140 Å². The average Bonchev–Trinajstić information content (AvgIpc) is 2.96. The van der Waals surface area contributed by atoms with Gasteiger partial charge in [-0.05, 0) is 18.2 Å². The van der Waals surface area contributed by atoms with Crippen molar-refractivity contribution >= 4 is 11.2 Å². The summed E-state index contributed by atoms with van der Waals surface area (Å²) in [7, 11) is 0. The first-order valence-corrected chi connectivity index (χ1v) is 6.81. The molecule has 3 rings (SSSR count). The zero-order valence-electron chi connectivity index (χ0n) is 12.4. The van der Waals surface area contributed by atoms with Crippen molar-refractivity contribution in [3.05, 3.63) is 36.2 Å². The molecule has 0 saturated heterocycles. The first-order chi connectivity index (χ1) is 12.2. The van der Waals surface area contributed by atoms with Crippen molar-refractivity contribution in [1.82, 2.24) is 19.7 Å². The van der Waals surface area contributed by atoms with Crippen LogP contribution in [0.4, 0.5) is 30.7 Å². The molecule has 0 aliphatic rings. The summed E-state index contributed by atoms with van der Waals surface area (Å²) in [5.41, 5.74) is -1.91. The molecule has 3 aromatic rings. The van der Waals surface area contributed by atoms with Crippen LogP contribution < -0.4 is 4.74 Å². The average molecular weight is 380 g/mol. The molecule has 0 unspecified atom stereocenters. The van der Waals surface area contributed by atoms with Crippen LogP contribution >= 0.6 is 0 Å². The summed E-state index contributed by atoms with van der Waals surface area (Å²) in [6, 6.07) is 1.94. The number of rotatable bonds is 4. The summed E-state index contributed by atoms with van der Waals surface area (Å²) in [4.78, 5) is 7.65. The van der Waals surface area contributed by atoms with E-state index in [1.165, 1.54) is 0 Å². The molecular formula is C14H7F7N4O. The maximum Gasteiger partial charge on any atom is 0.416 e. The highest BCUT2D eigenvalue weighted by molar-refractivity contribution is 5.75. The smallest absolute Gasteiger partial charge is 0.416 e. The molecule has 0 aliphatic carbocycles. The Kier molecular flexibility index (Phi) is 4.42. The minimum absolute atomic E-state index is 0.0919. The summed E-state index contributed by atoms with van der Waals surface area (Å²) in [5.74, 6) is -0.773. The van der Waals surface area contributed by atoms with Crippen LogP contribution in [0.5, 0.6) is 5.75 Å². The van der Waals surface area contributed by atoms with Crippen molar-refractivity contribution in [1.29, 1.82) is 0 Å². The summed E-state index contributed by atoms with van der Waals surface area (Å²) in [6.07, 6.45) is -2.85. The van der Waals surface area contributed by atoms with Gasteiger partial charge in [0.25, 0.3) is 0 Å². The molecule has 0 bridgehead atoms. The molecule has 0 saturated carbocycles. The van der Waals surface area contributed by atoms with Gasteiger partial charge in [0.15, 0.2) is 5.65 Å². The number of halogens is 7. The van der Waals surface area contributed by atoms with Crippen molar-refractivity contribution in [2.75, 3.05) is 0 Å². The standard InChI is InChI=1S/C14H7F7N4O/c15-12(16)25-11-9(5-23-25)24-8(4-22-11)7-2-1-6(14(19,20)21)3-10(7)26-13(17)18/h1-5,12-13H. The SMILES string of the molecule is FC(F)Oc1cc(C(F)(F)F)ccc1-c1cnc2c(cnn2C(F)F)n1. The molecule has 26 heavy (non-hydrogen) atoms. The van der Waals surface area contributed by atoms with Gasteiger partial charge >= 0.3 is 19.3 Å². The maximum absolute atomic E-state index is 12.8. The van der Waals surface area contributed by atoms with E-state index in [0.29, 0.717) is 12.1 Å². The van der Waals surface area contributed by atoms with Crippen LogP contribution in [-0.4, -0.2) is 26.4 Å². The lowest BCUT2D eigenvalue weighted by molar-refractivity contribution is -0.138. The summed E-state index contributed by atoms with van der Waals surface area (Å²) >= 11 is 0. The number of hydrogen-bond acceptors (Lipinski definition) is 4. The van der Waals surface area contributed by atoms with Crippen LogP contribution in [0, 0.1) is 0 Å². The van der Waals surface area contributed by atoms with Gasteiger partial charge in [0.1, 0.15) is 11.3 Å². The molecule has 2 heterocycles. The second-order valence-corrected chi connectivity index (χ2v) is 4.92. The fraction of sp³-hybridized carbons (Fsp3) is 0.214. The number of ether oxygens (including phenoxy) is 1. The highest BCUT2D eigenvalue weighted by atomic mass is 19.4. The Bertz CT molecular complexity index is 939. The summed E-state index contributed by atoms with van der Waals surface area (Å²) in [6.45, 7) is -6.35. The highest BCUT2D eigenvalue weighted by Crippen LogP contribution is 2.37. The Morgan fingerprint density at radius 3 is 2.38 bits per heavy atom. The van der Waals surface area contributed by atoms with Crippen LogP contribution in [0.2, 0.25) is 0 Å². The molecule has 12 heteroatoms. The van der Waals surface area contributed by atoms with Gasteiger partial charge in [0.2, 0.25) is 0 Å². The van der Waals surface area contributed by atoms with E-state index in [9.17, 15) is 30.7 Å². The Hall–Kier alpha value is -2.92. The van der Waals surface area contributed by atoms with Gasteiger partial charge < -0.3 is 4.74 Å². The molecule has 0 radical (unpaired) electrons. The lowest BCUT2D eigenvalue weighted by atomic mass is 10.1. The molecule has 0 amide bonds. The van der Waals surface area contributed by atoms with Gasteiger partial charge in [0, 0.05) is 5.56 Å². The minimum atomic E-state index is -4.77. The van der Waals surface area contributed by atoms with Crippen LogP contribution in [0.1, 0.15) is 12.1 Å². The van der Waals surface area contributed by atoms with E-state index in [2.05, 4.69) is 19.8 Å². The van der Waals surface area contributed by atoms with Crippen molar-refractivity contribution in [3.63, 3.8) is 0 Å². The van der Waals surface area contributed by atoms with Gasteiger partial charge in [-0.1, -0.05) is 0 Å². The van der Waals surface area contributed by atoms with Gasteiger partial charge in [-0.25, -0.2) is 9.97 Å². The minimum Gasteiger partial charge on any atom is -0.434 e. The normalized spacial score (nSPS) is 12.3. The van der Waals surface area contributed by atoms with E-state index in [1.54, 1.807) is 0 Å². The summed E-state index contributed by atoms with van der Waals surface area (Å²) in [5, 5.41) is 3.39. The van der Waals surface area contributed by atoms with Gasteiger partial charge in [-0.2, -0.15) is 40.5 Å². The largest absolute Gasteiger partial charge is 0.434 e. The van der Waals surface area contributed by atoms with Crippen LogP contribution in [0.15, 0.2) is 30.6 Å². The molecule has 0 spiro atoms. The number of benzene rings is 1. The molecule has 0 atom stereocenters. The lowest BCUT2D eigenvalue weighted by Gasteiger charge is -2.13. The third kappa shape index (κ3) is 3.39. The zero-order valence-corrected chi connectivity index (χ0v) is 12.4. The van der Waals surface area contributed by atoms with Crippen LogP contribution in [-0.2, 0) is 6.18 Å². The molecule has 0 fully saturated rings.